The molecule has 0 bridgehead atoms. The maximum Gasteiger partial charge on any atom is 0.573 e. The van der Waals surface area contributed by atoms with Crippen LogP contribution < -0.4 is 0 Å². The van der Waals surface area contributed by atoms with Gasteiger partial charge in [0.25, 0.3) is 0 Å². The Morgan fingerprint density at radius 2 is 2.24 bits per heavy atom. The van der Waals surface area contributed by atoms with Crippen LogP contribution in [0.25, 0.3) is 0 Å². The number of hydrogen-bond acceptors (Lipinski definition) is 3. The molecule has 1 aromatic heterocycles. The molecule has 0 spiro atoms. The number of allylic oxidation sites excluding steroid dienone is 4. The number of carbonyl (C=O) groups is 1. The highest BCUT2D eigenvalue weighted by atomic mass is 32.1. The summed E-state index contributed by atoms with van der Waals surface area (Å²) in [7, 11) is 0. The van der Waals surface area contributed by atoms with Crippen LogP contribution in [-0.4, -0.2) is 12.6 Å². The highest BCUT2D eigenvalue weighted by Crippen LogP contribution is 2.25. The van der Waals surface area contributed by atoms with Crippen molar-refractivity contribution in [2.24, 2.45) is 0 Å². The van der Waals surface area contributed by atoms with E-state index >= 15 is 0 Å². The number of halogens is 3. The minimum Gasteiger partial charge on any atom is -0.406 e. The van der Waals surface area contributed by atoms with Crippen molar-refractivity contribution < 1.29 is 22.7 Å². The molecule has 1 aromatic rings. The van der Waals surface area contributed by atoms with Crippen molar-refractivity contribution in [1.29, 1.82) is 0 Å². The molecule has 0 N–H and O–H groups in total. The van der Waals surface area contributed by atoms with Gasteiger partial charge in [0.15, 0.2) is 6.29 Å². The largest absolute Gasteiger partial charge is 0.573 e. The summed E-state index contributed by atoms with van der Waals surface area (Å²) in [5.41, 5.74) is 0.869. The molecule has 2 nitrogen and oxygen atoms in total. The van der Waals surface area contributed by atoms with E-state index in [4.69, 9.17) is 0 Å². The molecule has 6 heteroatoms. The number of ether oxygens (including phenoxy) is 1. The summed E-state index contributed by atoms with van der Waals surface area (Å²) in [6.45, 7) is 5.27. The van der Waals surface area contributed by atoms with Gasteiger partial charge in [-0.05, 0) is 35.6 Å². The van der Waals surface area contributed by atoms with Crippen LogP contribution >= 0.6 is 11.3 Å². The Hall–Kier alpha value is -1.82. The third kappa shape index (κ3) is 6.44. The maximum absolute atomic E-state index is 12.3. The average Bonchev–Trinajstić information content (AvgIpc) is 2.89. The number of rotatable bonds is 7. The first-order valence-corrected chi connectivity index (χ1v) is 7.02. The summed E-state index contributed by atoms with van der Waals surface area (Å²) in [4.78, 5) is 11.2. The van der Waals surface area contributed by atoms with Crippen LogP contribution in [0.2, 0.25) is 0 Å². The summed E-state index contributed by atoms with van der Waals surface area (Å²) in [6.07, 6.45) is 1.94. The number of aldehydes is 1. The van der Waals surface area contributed by atoms with Crippen molar-refractivity contribution >= 4 is 17.6 Å². The fourth-order valence-electron chi connectivity index (χ4n) is 1.50. The van der Waals surface area contributed by atoms with Crippen molar-refractivity contribution in [2.75, 3.05) is 0 Å². The Morgan fingerprint density at radius 1 is 1.52 bits per heavy atom. The molecular formula is C15H15F3O2S. The second kappa shape index (κ2) is 7.83. The molecule has 0 aliphatic carbocycles. The van der Waals surface area contributed by atoms with Gasteiger partial charge in [0.1, 0.15) is 5.76 Å². The first kappa shape index (κ1) is 17.2. The zero-order valence-corrected chi connectivity index (χ0v) is 12.2. The zero-order valence-electron chi connectivity index (χ0n) is 11.4. The number of alkyl halides is 3. The van der Waals surface area contributed by atoms with Crippen LogP contribution in [0.15, 0.2) is 48.1 Å². The lowest BCUT2D eigenvalue weighted by Crippen LogP contribution is -2.12. The smallest absolute Gasteiger partial charge is 0.406 e. The quantitative estimate of drug-likeness (QED) is 0.298. The summed E-state index contributed by atoms with van der Waals surface area (Å²) < 4.78 is 40.7. The second-order valence-electron chi connectivity index (χ2n) is 4.23. The van der Waals surface area contributed by atoms with Crippen LogP contribution in [0.5, 0.6) is 0 Å². The van der Waals surface area contributed by atoms with Gasteiger partial charge in [0.2, 0.25) is 0 Å². The molecular weight excluding hydrogens is 301 g/mol. The van der Waals surface area contributed by atoms with E-state index < -0.39 is 6.36 Å². The molecule has 1 heterocycles. The van der Waals surface area contributed by atoms with Gasteiger partial charge in [-0.3, -0.25) is 4.79 Å². The van der Waals surface area contributed by atoms with Crippen molar-refractivity contribution in [3.63, 3.8) is 0 Å². The molecule has 0 aliphatic rings. The molecule has 0 amide bonds. The van der Waals surface area contributed by atoms with Gasteiger partial charge in [-0.1, -0.05) is 19.1 Å². The Labute approximate surface area is 125 Å². The Bertz CT molecular complexity index is 541. The average molecular weight is 316 g/mol. The predicted molar refractivity (Wildman–Crippen MR) is 77.3 cm³/mol. The predicted octanol–water partition coefficient (Wildman–Crippen LogP) is 5.22. The van der Waals surface area contributed by atoms with E-state index in [9.17, 15) is 18.0 Å². The van der Waals surface area contributed by atoms with Crippen molar-refractivity contribution in [1.82, 2.24) is 0 Å². The fraction of sp³-hybridized carbons (Fsp3) is 0.267. The van der Waals surface area contributed by atoms with Gasteiger partial charge in [-0.25, -0.2) is 0 Å². The summed E-state index contributed by atoms with van der Waals surface area (Å²) in [5.74, 6) is -0.404. The molecule has 114 valence electrons. The van der Waals surface area contributed by atoms with E-state index in [2.05, 4.69) is 11.3 Å². The van der Waals surface area contributed by atoms with Crippen LogP contribution in [0.3, 0.4) is 0 Å². The molecule has 1 rings (SSSR count). The van der Waals surface area contributed by atoms with E-state index in [0.29, 0.717) is 4.88 Å². The van der Waals surface area contributed by atoms with Gasteiger partial charge in [-0.15, -0.1) is 31.1 Å². The lowest BCUT2D eigenvalue weighted by atomic mass is 10.0. The van der Waals surface area contributed by atoms with Crippen molar-refractivity contribution in [2.45, 2.75) is 25.6 Å². The van der Waals surface area contributed by atoms with Gasteiger partial charge < -0.3 is 4.74 Å². The lowest BCUT2D eigenvalue weighted by Gasteiger charge is -2.10. The molecule has 0 saturated carbocycles. The van der Waals surface area contributed by atoms with Crippen LogP contribution in [0.4, 0.5) is 13.2 Å². The first-order valence-electron chi connectivity index (χ1n) is 6.14. The Balaban J connectivity index is 2.81. The molecule has 21 heavy (non-hydrogen) atoms. The normalized spacial score (nSPS) is 14.2. The van der Waals surface area contributed by atoms with E-state index in [-0.39, 0.29) is 18.1 Å². The minimum absolute atomic E-state index is 0.126. The molecule has 0 fully saturated rings. The highest BCUT2D eigenvalue weighted by Gasteiger charge is 2.31. The van der Waals surface area contributed by atoms with Crippen molar-refractivity contribution in [3.05, 3.63) is 58.5 Å². The molecule has 0 saturated heterocycles. The van der Waals surface area contributed by atoms with Crippen LogP contribution in [0.1, 0.15) is 34.5 Å². The zero-order chi connectivity index (χ0) is 15.9. The SMILES string of the molecule is C=CC/C=C(\C=C/C(C)c1csc(C=O)c1)OC(F)(F)F. The number of hydrogen-bond donors (Lipinski definition) is 0. The van der Waals surface area contributed by atoms with E-state index in [1.165, 1.54) is 29.6 Å². The summed E-state index contributed by atoms with van der Waals surface area (Å²) in [5, 5.41) is 1.80. The van der Waals surface area contributed by atoms with Gasteiger partial charge in [0.05, 0.1) is 4.88 Å². The summed E-state index contributed by atoms with van der Waals surface area (Å²) in [6, 6.07) is 1.71. The maximum atomic E-state index is 12.3. The topological polar surface area (TPSA) is 26.3 Å². The van der Waals surface area contributed by atoms with Gasteiger partial charge in [-0.2, -0.15) is 0 Å². The van der Waals surface area contributed by atoms with E-state index in [0.717, 1.165) is 11.8 Å². The second-order valence-corrected chi connectivity index (χ2v) is 5.17. The minimum atomic E-state index is -4.73. The standard InChI is InChI=1S/C15H15F3O2S/c1-3-4-5-13(20-15(16,17)18)7-6-11(2)12-8-14(9-19)21-10-12/h3,5-11H,1,4H2,2H3/b7-6-,13-5+. The first-order chi connectivity index (χ1) is 9.85. The molecule has 0 aromatic carbocycles. The molecule has 0 aliphatic heterocycles. The summed E-state index contributed by atoms with van der Waals surface area (Å²) >= 11 is 1.29. The van der Waals surface area contributed by atoms with Crippen LogP contribution in [0, 0.1) is 0 Å². The Kier molecular flexibility index (Phi) is 6.42. The van der Waals surface area contributed by atoms with E-state index in [1.807, 2.05) is 6.92 Å². The highest BCUT2D eigenvalue weighted by molar-refractivity contribution is 7.11. The third-order valence-corrected chi connectivity index (χ3v) is 3.43. The van der Waals surface area contributed by atoms with Crippen molar-refractivity contribution in [3.8, 4) is 0 Å². The monoisotopic (exact) mass is 316 g/mol. The van der Waals surface area contributed by atoms with Gasteiger partial charge in [0, 0.05) is 5.92 Å². The van der Waals surface area contributed by atoms with Crippen LogP contribution in [-0.2, 0) is 4.74 Å². The number of carbonyl (C=O) groups excluding carboxylic acids is 1. The molecule has 1 unspecified atom stereocenters. The third-order valence-electron chi connectivity index (χ3n) is 2.55. The van der Waals surface area contributed by atoms with Gasteiger partial charge >= 0.3 is 6.36 Å². The Morgan fingerprint density at radius 3 is 2.76 bits per heavy atom. The lowest BCUT2D eigenvalue weighted by molar-refractivity contribution is -0.303. The fourth-order valence-corrected chi connectivity index (χ4v) is 2.31. The molecule has 1 atom stereocenters. The number of thiophene rings is 1. The molecule has 0 radical (unpaired) electrons. The van der Waals surface area contributed by atoms with E-state index in [1.54, 1.807) is 17.5 Å².